The Bertz CT molecular complexity index is 1140. The molecule has 0 spiro atoms. The summed E-state index contributed by atoms with van der Waals surface area (Å²) in [4.78, 5) is 24.9. The van der Waals surface area contributed by atoms with E-state index in [9.17, 15) is 18.0 Å². The highest BCUT2D eigenvalue weighted by Crippen LogP contribution is 2.37. The molecule has 7 nitrogen and oxygen atoms in total. The molecule has 1 unspecified atom stereocenters. The molecule has 192 valence electrons. The van der Waals surface area contributed by atoms with Gasteiger partial charge in [0.1, 0.15) is 12.3 Å². The minimum Gasteiger partial charge on any atom is -0.387 e. The van der Waals surface area contributed by atoms with Crippen molar-refractivity contribution in [1.82, 2.24) is 20.3 Å². The van der Waals surface area contributed by atoms with Crippen LogP contribution in [0.2, 0.25) is 0 Å². The number of hydrazine groups is 1. The highest BCUT2D eigenvalue weighted by molar-refractivity contribution is 7.10. The Kier molecular flexibility index (Phi) is 6.78. The molecule has 3 aliphatic heterocycles. The molecule has 1 amide bonds. The van der Waals surface area contributed by atoms with E-state index in [-0.39, 0.29) is 30.9 Å². The molecule has 1 N–H and O–H groups in total. The second-order valence-corrected chi connectivity index (χ2v) is 10.2. The fourth-order valence-corrected chi connectivity index (χ4v) is 5.80. The summed E-state index contributed by atoms with van der Waals surface area (Å²) in [6, 6.07) is 9.98. The van der Waals surface area contributed by atoms with E-state index in [4.69, 9.17) is 9.82 Å². The summed E-state index contributed by atoms with van der Waals surface area (Å²) in [5.41, 5.74) is 3.11. The van der Waals surface area contributed by atoms with Crippen LogP contribution >= 0.6 is 11.3 Å². The SMILES string of the molecule is CCC1(C(F)(F)F)C=CN(CC(=O)N2CCC(c3nc(C4=NO[C@@H](c5ccccc5)C4)cs3)CC2)N1. The molecule has 0 saturated carbocycles. The van der Waals surface area contributed by atoms with Gasteiger partial charge in [-0.3, -0.25) is 4.79 Å². The minimum absolute atomic E-state index is 0.0980. The molecular weight excluding hydrogens is 491 g/mol. The Morgan fingerprint density at radius 2 is 2.00 bits per heavy atom. The molecule has 0 radical (unpaired) electrons. The van der Waals surface area contributed by atoms with Crippen molar-refractivity contribution < 1.29 is 22.8 Å². The smallest absolute Gasteiger partial charge is 0.387 e. The number of thiazole rings is 1. The van der Waals surface area contributed by atoms with E-state index in [0.717, 1.165) is 40.9 Å². The van der Waals surface area contributed by atoms with Crippen molar-refractivity contribution in [2.45, 2.75) is 56.3 Å². The predicted molar refractivity (Wildman–Crippen MR) is 130 cm³/mol. The maximum Gasteiger partial charge on any atom is 0.411 e. The summed E-state index contributed by atoms with van der Waals surface area (Å²) >= 11 is 1.60. The van der Waals surface area contributed by atoms with Crippen molar-refractivity contribution in [3.63, 3.8) is 0 Å². The van der Waals surface area contributed by atoms with Gasteiger partial charge in [0.15, 0.2) is 11.6 Å². The zero-order chi connectivity index (χ0) is 25.3. The number of oxime groups is 1. The van der Waals surface area contributed by atoms with Crippen molar-refractivity contribution in [2.75, 3.05) is 19.6 Å². The molecule has 1 aromatic heterocycles. The molecule has 1 aromatic carbocycles. The average Bonchev–Trinajstić information content (AvgIpc) is 3.64. The van der Waals surface area contributed by atoms with Crippen molar-refractivity contribution >= 4 is 23.0 Å². The van der Waals surface area contributed by atoms with Gasteiger partial charge in [0.2, 0.25) is 5.91 Å². The molecular formula is C25H28F3N5O2S. The van der Waals surface area contributed by atoms with Crippen molar-refractivity contribution in [2.24, 2.45) is 5.16 Å². The molecule has 0 aliphatic carbocycles. The third kappa shape index (κ3) is 4.86. The van der Waals surface area contributed by atoms with Crippen LogP contribution in [0.1, 0.15) is 60.9 Å². The fraction of sp³-hybridized carbons (Fsp3) is 0.480. The second-order valence-electron chi connectivity index (χ2n) is 9.35. The van der Waals surface area contributed by atoms with Crippen molar-refractivity contribution in [3.05, 3.63) is 64.3 Å². The molecule has 1 saturated heterocycles. The maximum atomic E-state index is 13.4. The van der Waals surface area contributed by atoms with Crippen LogP contribution in [0.3, 0.4) is 0 Å². The van der Waals surface area contributed by atoms with Gasteiger partial charge >= 0.3 is 6.18 Å². The Morgan fingerprint density at radius 1 is 1.25 bits per heavy atom. The number of rotatable bonds is 6. The minimum atomic E-state index is -4.43. The van der Waals surface area contributed by atoms with Crippen LogP contribution in [0, 0.1) is 0 Å². The molecule has 2 atom stereocenters. The largest absolute Gasteiger partial charge is 0.411 e. The average molecular weight is 520 g/mol. The summed E-state index contributed by atoms with van der Waals surface area (Å²) in [5, 5.41) is 8.53. The summed E-state index contributed by atoms with van der Waals surface area (Å²) in [6.07, 6.45) is -0.0706. The fourth-order valence-electron chi connectivity index (χ4n) is 4.80. The lowest BCUT2D eigenvalue weighted by molar-refractivity contribution is -0.189. The first-order valence-corrected chi connectivity index (χ1v) is 13.0. The van der Waals surface area contributed by atoms with Crippen molar-refractivity contribution in [3.8, 4) is 0 Å². The normalized spacial score (nSPS) is 24.8. The third-order valence-corrected chi connectivity index (χ3v) is 8.11. The number of amides is 1. The number of aromatic nitrogens is 1. The van der Waals surface area contributed by atoms with Gasteiger partial charge in [-0.05, 0) is 30.9 Å². The van der Waals surface area contributed by atoms with Crippen LogP contribution < -0.4 is 5.43 Å². The van der Waals surface area contributed by atoms with E-state index >= 15 is 0 Å². The van der Waals surface area contributed by atoms with Crippen LogP contribution in [0.15, 0.2) is 53.1 Å². The summed E-state index contributed by atoms with van der Waals surface area (Å²) in [7, 11) is 0. The zero-order valence-electron chi connectivity index (χ0n) is 19.9. The number of piperidine rings is 1. The Hall–Kier alpha value is -2.92. The summed E-state index contributed by atoms with van der Waals surface area (Å²) < 4.78 is 40.3. The molecule has 36 heavy (non-hydrogen) atoms. The van der Waals surface area contributed by atoms with Crippen LogP contribution in [0.4, 0.5) is 13.2 Å². The van der Waals surface area contributed by atoms with Gasteiger partial charge in [-0.1, -0.05) is 42.4 Å². The van der Waals surface area contributed by atoms with Crippen LogP contribution in [0.5, 0.6) is 0 Å². The number of likely N-dealkylation sites (tertiary alicyclic amines) is 1. The molecule has 11 heteroatoms. The van der Waals surface area contributed by atoms with E-state index in [0.29, 0.717) is 19.5 Å². The Labute approximate surface area is 211 Å². The van der Waals surface area contributed by atoms with E-state index in [2.05, 4.69) is 10.6 Å². The number of hydrogen-bond donors (Lipinski definition) is 1. The number of hydrogen-bond acceptors (Lipinski definition) is 7. The first kappa shape index (κ1) is 24.8. The number of carbonyl (C=O) groups excluding carboxylic acids is 1. The molecule has 1 fully saturated rings. The van der Waals surface area contributed by atoms with Gasteiger partial charge < -0.3 is 14.7 Å². The van der Waals surface area contributed by atoms with Gasteiger partial charge in [-0.25, -0.2) is 10.4 Å². The second kappa shape index (κ2) is 9.85. The quantitative estimate of drug-likeness (QED) is 0.596. The highest BCUT2D eigenvalue weighted by Gasteiger charge is 2.54. The topological polar surface area (TPSA) is 70.1 Å². The first-order valence-electron chi connectivity index (χ1n) is 12.1. The number of nitrogens with one attached hydrogen (secondary N) is 1. The Morgan fingerprint density at radius 3 is 2.67 bits per heavy atom. The molecule has 0 bridgehead atoms. The predicted octanol–water partition coefficient (Wildman–Crippen LogP) is 4.76. The third-order valence-electron chi connectivity index (χ3n) is 7.11. The zero-order valence-corrected chi connectivity index (χ0v) is 20.7. The van der Waals surface area contributed by atoms with Crippen LogP contribution in [0.25, 0.3) is 0 Å². The van der Waals surface area contributed by atoms with Gasteiger partial charge in [0.25, 0.3) is 0 Å². The number of nitrogens with zero attached hydrogens (tertiary/aromatic N) is 4. The van der Waals surface area contributed by atoms with Crippen molar-refractivity contribution in [1.29, 1.82) is 0 Å². The lowest BCUT2D eigenvalue weighted by Gasteiger charge is -2.34. The first-order chi connectivity index (χ1) is 17.3. The van der Waals surface area contributed by atoms with E-state index in [1.807, 2.05) is 35.7 Å². The lowest BCUT2D eigenvalue weighted by Crippen LogP contribution is -2.57. The Balaban J connectivity index is 1.12. The van der Waals surface area contributed by atoms with E-state index < -0.39 is 11.7 Å². The standard InChI is InChI=1S/C25H28F3N5O2S/c1-2-24(25(26,27)28)10-13-33(31-24)15-22(34)32-11-8-18(9-12-32)23-29-20(16-36-23)19-14-21(35-30-19)17-6-4-3-5-7-17/h3-7,10,13,16,18,21,31H,2,8-9,11-12,14-15H2,1H3/t21-,24?/m1/s1. The summed E-state index contributed by atoms with van der Waals surface area (Å²) in [6.45, 7) is 2.43. The van der Waals surface area contributed by atoms with Gasteiger partial charge in [0, 0.05) is 37.0 Å². The van der Waals surface area contributed by atoms with Crippen LogP contribution in [-0.4, -0.2) is 57.9 Å². The number of halogens is 3. The lowest BCUT2D eigenvalue weighted by atomic mass is 9.97. The number of carbonyl (C=O) groups is 1. The molecule has 2 aromatic rings. The molecule has 5 rings (SSSR count). The van der Waals surface area contributed by atoms with Gasteiger partial charge in [-0.15, -0.1) is 11.3 Å². The van der Waals surface area contributed by atoms with E-state index in [1.165, 1.54) is 18.1 Å². The maximum absolute atomic E-state index is 13.4. The number of benzene rings is 1. The summed E-state index contributed by atoms with van der Waals surface area (Å²) in [5.74, 6) is 0.0485. The highest BCUT2D eigenvalue weighted by atomic mass is 32.1. The molecule has 4 heterocycles. The molecule has 3 aliphatic rings. The van der Waals surface area contributed by atoms with Gasteiger partial charge in [-0.2, -0.15) is 13.2 Å². The van der Waals surface area contributed by atoms with E-state index in [1.54, 1.807) is 16.2 Å². The number of alkyl halides is 3. The monoisotopic (exact) mass is 519 g/mol. The van der Waals surface area contributed by atoms with Crippen LogP contribution in [-0.2, 0) is 9.63 Å². The van der Waals surface area contributed by atoms with Gasteiger partial charge in [0.05, 0.1) is 10.7 Å².